The fraction of sp³-hybridized carbons (Fsp3) is 0.316. The van der Waals surface area contributed by atoms with Crippen LogP contribution in [0.3, 0.4) is 0 Å². The normalized spacial score (nSPS) is 15.0. The zero-order chi connectivity index (χ0) is 19.6. The third-order valence-corrected chi connectivity index (χ3v) is 4.68. The number of benzene rings is 2. The lowest BCUT2D eigenvalue weighted by Crippen LogP contribution is -2.50. The van der Waals surface area contributed by atoms with Gasteiger partial charge in [0.1, 0.15) is 0 Å². The van der Waals surface area contributed by atoms with E-state index in [1.54, 1.807) is 15.9 Å². The Morgan fingerprint density at radius 1 is 1.07 bits per heavy atom. The Kier molecular flexibility index (Phi) is 5.51. The summed E-state index contributed by atoms with van der Waals surface area (Å²) in [4.78, 5) is 15.6. The van der Waals surface area contributed by atoms with Crippen LogP contribution in [-0.2, 0) is 6.18 Å². The van der Waals surface area contributed by atoms with Gasteiger partial charge in [0.25, 0.3) is 0 Å². The molecular formula is C19H19ClF3N3O. The van der Waals surface area contributed by atoms with Gasteiger partial charge in [0.2, 0.25) is 0 Å². The number of hydrogen-bond acceptors (Lipinski definition) is 2. The summed E-state index contributed by atoms with van der Waals surface area (Å²) in [5, 5.41) is 2.86. The number of amides is 2. The van der Waals surface area contributed by atoms with Crippen molar-refractivity contribution in [1.29, 1.82) is 0 Å². The zero-order valence-corrected chi connectivity index (χ0v) is 15.4. The van der Waals surface area contributed by atoms with E-state index in [4.69, 9.17) is 11.6 Å². The average molecular weight is 398 g/mol. The number of halogens is 4. The van der Waals surface area contributed by atoms with Crippen molar-refractivity contribution < 1.29 is 18.0 Å². The smallest absolute Gasteiger partial charge is 0.367 e. The standard InChI is InChI=1S/C19H19ClF3N3O/c1-13-3-2-4-15(11-13)24-18(27)26-9-7-25(8-10-26)17-6-5-14(20)12-16(17)19(21,22)23/h2-6,11-12H,7-10H2,1H3,(H,24,27). The van der Waals surface area contributed by atoms with E-state index in [1.807, 2.05) is 25.1 Å². The van der Waals surface area contributed by atoms with Gasteiger partial charge in [0.15, 0.2) is 0 Å². The summed E-state index contributed by atoms with van der Waals surface area (Å²) in [5.74, 6) is 0. The molecule has 27 heavy (non-hydrogen) atoms. The topological polar surface area (TPSA) is 35.6 Å². The van der Waals surface area contributed by atoms with Crippen molar-refractivity contribution >= 4 is 29.0 Å². The van der Waals surface area contributed by atoms with Crippen LogP contribution in [0.2, 0.25) is 5.02 Å². The van der Waals surface area contributed by atoms with Gasteiger partial charge in [-0.15, -0.1) is 0 Å². The first-order valence-electron chi connectivity index (χ1n) is 8.48. The van der Waals surface area contributed by atoms with E-state index in [2.05, 4.69) is 5.32 Å². The minimum absolute atomic E-state index is 0.0437. The molecule has 0 atom stereocenters. The third-order valence-electron chi connectivity index (χ3n) is 4.44. The molecule has 1 aliphatic rings. The summed E-state index contributed by atoms with van der Waals surface area (Å²) in [6.45, 7) is 3.21. The molecule has 0 saturated carbocycles. The monoisotopic (exact) mass is 397 g/mol. The molecule has 1 aliphatic heterocycles. The molecule has 2 aromatic carbocycles. The molecule has 0 aliphatic carbocycles. The lowest BCUT2D eigenvalue weighted by atomic mass is 10.1. The van der Waals surface area contributed by atoms with Gasteiger partial charge in [-0.1, -0.05) is 23.7 Å². The van der Waals surface area contributed by atoms with Gasteiger partial charge in [-0.2, -0.15) is 13.2 Å². The van der Waals surface area contributed by atoms with Crippen LogP contribution in [0.5, 0.6) is 0 Å². The predicted octanol–water partition coefficient (Wildman–Crippen LogP) is 5.02. The van der Waals surface area contributed by atoms with E-state index < -0.39 is 11.7 Å². The number of urea groups is 1. The zero-order valence-electron chi connectivity index (χ0n) is 14.7. The molecule has 1 N–H and O–H groups in total. The van der Waals surface area contributed by atoms with Crippen molar-refractivity contribution in [3.05, 3.63) is 58.6 Å². The number of carbonyl (C=O) groups is 1. The molecule has 0 unspecified atom stereocenters. The van der Waals surface area contributed by atoms with Gasteiger partial charge in [0.05, 0.1) is 5.56 Å². The van der Waals surface area contributed by atoms with Crippen molar-refractivity contribution in [2.45, 2.75) is 13.1 Å². The molecule has 4 nitrogen and oxygen atoms in total. The highest BCUT2D eigenvalue weighted by Crippen LogP contribution is 2.38. The molecule has 144 valence electrons. The maximum atomic E-state index is 13.3. The lowest BCUT2D eigenvalue weighted by molar-refractivity contribution is -0.137. The second-order valence-corrected chi connectivity index (χ2v) is 6.87. The van der Waals surface area contributed by atoms with Crippen LogP contribution < -0.4 is 10.2 Å². The first-order valence-corrected chi connectivity index (χ1v) is 8.86. The highest BCUT2D eigenvalue weighted by molar-refractivity contribution is 6.30. The van der Waals surface area contributed by atoms with Gasteiger partial charge >= 0.3 is 12.2 Å². The molecule has 2 amide bonds. The first-order chi connectivity index (χ1) is 12.7. The Labute approximate surface area is 160 Å². The Balaban J connectivity index is 1.66. The Morgan fingerprint density at radius 2 is 1.78 bits per heavy atom. The molecule has 1 saturated heterocycles. The highest BCUT2D eigenvalue weighted by Gasteiger charge is 2.36. The van der Waals surface area contributed by atoms with Gasteiger partial charge < -0.3 is 15.1 Å². The van der Waals surface area contributed by atoms with Gasteiger partial charge in [-0.05, 0) is 42.8 Å². The van der Waals surface area contributed by atoms with Crippen LogP contribution in [0.1, 0.15) is 11.1 Å². The number of rotatable bonds is 2. The fourth-order valence-corrected chi connectivity index (χ4v) is 3.26. The fourth-order valence-electron chi connectivity index (χ4n) is 3.09. The van der Waals surface area contributed by atoms with Crippen molar-refractivity contribution in [2.24, 2.45) is 0 Å². The number of nitrogens with zero attached hydrogens (tertiary/aromatic N) is 2. The molecule has 3 rings (SSSR count). The Hall–Kier alpha value is -2.41. The van der Waals surface area contributed by atoms with Crippen LogP contribution in [0.4, 0.5) is 29.3 Å². The van der Waals surface area contributed by atoms with Crippen molar-refractivity contribution in [1.82, 2.24) is 4.90 Å². The van der Waals surface area contributed by atoms with Gasteiger partial charge in [-0.3, -0.25) is 0 Å². The van der Waals surface area contributed by atoms with Crippen molar-refractivity contribution in [3.8, 4) is 0 Å². The van der Waals surface area contributed by atoms with E-state index in [0.717, 1.165) is 11.6 Å². The van der Waals surface area contributed by atoms with Crippen LogP contribution in [0.25, 0.3) is 0 Å². The minimum atomic E-state index is -4.49. The number of alkyl halides is 3. The maximum absolute atomic E-state index is 13.3. The molecule has 0 aromatic heterocycles. The van der Waals surface area contributed by atoms with Crippen LogP contribution in [0.15, 0.2) is 42.5 Å². The summed E-state index contributed by atoms with van der Waals surface area (Å²) in [7, 11) is 0. The van der Waals surface area contributed by atoms with Crippen LogP contribution in [-0.4, -0.2) is 37.1 Å². The Bertz CT molecular complexity index is 833. The van der Waals surface area contributed by atoms with Gasteiger partial charge in [-0.25, -0.2) is 4.79 Å². The molecule has 8 heteroatoms. The number of carbonyl (C=O) groups excluding carboxylic acids is 1. The number of piperazine rings is 1. The third kappa shape index (κ3) is 4.66. The molecule has 1 heterocycles. The number of nitrogens with one attached hydrogen (secondary N) is 1. The van der Waals surface area contributed by atoms with Crippen LogP contribution >= 0.6 is 11.6 Å². The number of hydrogen-bond donors (Lipinski definition) is 1. The highest BCUT2D eigenvalue weighted by atomic mass is 35.5. The van der Waals surface area contributed by atoms with E-state index in [0.29, 0.717) is 31.9 Å². The maximum Gasteiger partial charge on any atom is 0.418 e. The summed E-state index contributed by atoms with van der Waals surface area (Å²) in [6, 6.07) is 10.9. The molecular weight excluding hydrogens is 379 g/mol. The average Bonchev–Trinajstić information content (AvgIpc) is 2.61. The van der Waals surface area contributed by atoms with E-state index in [-0.39, 0.29) is 16.7 Å². The predicted molar refractivity (Wildman–Crippen MR) is 100 cm³/mol. The van der Waals surface area contributed by atoms with Crippen molar-refractivity contribution in [2.75, 3.05) is 36.4 Å². The van der Waals surface area contributed by atoms with E-state index >= 15 is 0 Å². The first kappa shape index (κ1) is 19.4. The molecule has 0 radical (unpaired) electrons. The van der Waals surface area contributed by atoms with E-state index in [9.17, 15) is 18.0 Å². The lowest BCUT2D eigenvalue weighted by Gasteiger charge is -2.37. The van der Waals surface area contributed by atoms with Crippen molar-refractivity contribution in [3.63, 3.8) is 0 Å². The number of aryl methyl sites for hydroxylation is 1. The minimum Gasteiger partial charge on any atom is -0.367 e. The van der Waals surface area contributed by atoms with E-state index in [1.165, 1.54) is 12.1 Å². The largest absolute Gasteiger partial charge is 0.418 e. The number of anilines is 2. The molecule has 0 bridgehead atoms. The summed E-state index contributed by atoms with van der Waals surface area (Å²) in [6.07, 6.45) is -4.49. The summed E-state index contributed by atoms with van der Waals surface area (Å²) in [5.41, 5.74) is 1.05. The molecule has 0 spiro atoms. The second kappa shape index (κ2) is 7.68. The van der Waals surface area contributed by atoms with Gasteiger partial charge in [0, 0.05) is 42.6 Å². The SMILES string of the molecule is Cc1cccc(NC(=O)N2CCN(c3ccc(Cl)cc3C(F)(F)F)CC2)c1. The summed E-state index contributed by atoms with van der Waals surface area (Å²) >= 11 is 5.73. The second-order valence-electron chi connectivity index (χ2n) is 6.43. The quantitative estimate of drug-likeness (QED) is 0.772. The summed E-state index contributed by atoms with van der Waals surface area (Å²) < 4.78 is 39.9. The Morgan fingerprint density at radius 3 is 2.41 bits per heavy atom. The molecule has 1 fully saturated rings. The molecule has 2 aromatic rings. The van der Waals surface area contributed by atoms with Crippen LogP contribution in [0, 0.1) is 6.92 Å².